The third-order valence-electron chi connectivity index (χ3n) is 25.5. The Kier molecular flexibility index (Phi) is 33.5. The Morgan fingerprint density at radius 2 is 0.736 bits per heavy atom. The number of nitrogens with one attached hydrogen (secondary N) is 4. The van der Waals surface area contributed by atoms with Gasteiger partial charge in [-0.3, -0.25) is 9.59 Å². The molecule has 0 saturated carbocycles. The Morgan fingerprint density at radius 1 is 0.414 bits per heavy atom. The van der Waals surface area contributed by atoms with Gasteiger partial charge in [0.05, 0.1) is 69.3 Å². The summed E-state index contributed by atoms with van der Waals surface area (Å²) in [4.78, 5) is 94.6. The van der Waals surface area contributed by atoms with Crippen LogP contribution in [0.25, 0.3) is 43.6 Å². The normalized spacial score (nSPS) is 19.7. The van der Waals surface area contributed by atoms with Crippen LogP contribution in [0, 0.1) is 34.9 Å². The lowest BCUT2D eigenvalue weighted by molar-refractivity contribution is -0.138. The number of hydrogen-bond donors (Lipinski definition) is 9. The first kappa shape index (κ1) is 104. The molecule has 0 radical (unpaired) electrons. The van der Waals surface area contributed by atoms with E-state index in [4.69, 9.17) is 87.0 Å². The monoisotopic (exact) mass is 1970 g/mol. The van der Waals surface area contributed by atoms with E-state index in [2.05, 4.69) is 66.0 Å². The highest BCUT2D eigenvalue weighted by atomic mass is 35.5. The van der Waals surface area contributed by atoms with Crippen LogP contribution < -0.4 is 96.8 Å². The van der Waals surface area contributed by atoms with Gasteiger partial charge in [-0.05, 0) is 177 Å². The van der Waals surface area contributed by atoms with E-state index < -0.39 is 34.8 Å². The number of carbonyl (C=O) groups excluding carboxylic acids is 3. The first-order valence-corrected chi connectivity index (χ1v) is 46.5. The van der Waals surface area contributed by atoms with Crippen LogP contribution in [0.5, 0.6) is 46.0 Å². The summed E-state index contributed by atoms with van der Waals surface area (Å²) in [6.45, 7) is 22.0. The van der Waals surface area contributed by atoms with Gasteiger partial charge in [0.1, 0.15) is 68.2 Å². The maximum absolute atomic E-state index is 15.3. The smallest absolute Gasteiger partial charge is 0.410 e. The molecule has 16 heterocycles. The molecule has 37 nitrogen and oxygen atoms in total. The molecule has 140 heavy (non-hydrogen) atoms. The molecule has 6 aromatic carbocycles. The van der Waals surface area contributed by atoms with E-state index in [1.807, 2.05) is 75.0 Å². The van der Waals surface area contributed by atoms with Crippen molar-refractivity contribution in [2.75, 3.05) is 160 Å². The van der Waals surface area contributed by atoms with E-state index in [9.17, 15) is 36.7 Å². The number of nitrogen functional groups attached to an aromatic ring is 4. The second kappa shape index (κ2) is 45.0. The van der Waals surface area contributed by atoms with Crippen LogP contribution in [0.2, 0.25) is 5.28 Å². The fourth-order valence-corrected chi connectivity index (χ4v) is 18.9. The van der Waals surface area contributed by atoms with Gasteiger partial charge in [0.25, 0.3) is 0 Å². The second-order valence-corrected chi connectivity index (χ2v) is 37.1. The van der Waals surface area contributed by atoms with Crippen LogP contribution in [0.4, 0.5) is 77.0 Å². The lowest BCUT2D eigenvalue weighted by Gasteiger charge is -2.51. The number of anilines is 7. The standard InChI is InChI=1S/C27H32F2N6O3.C21H28FN5O4.C16H20FN5O2.C11H14FNO2.C11H20N2O2.C10H9ClFN3O2/c1-4-31-20(15-5-7-16(28)8-6-15)12-22(36)34-13-18-10-9-17(34)14-35(18)27-32-24-19(26(30)33-27)11-21(37-2)25(38-3)23(24)29;1-21(2,3)31-20(28)27-10-11-6-7-12(27)9-26(11)19-24-16-13(18(23)25-19)8-14(29-4)17(30-5)15(16)22;1-23-11-5-10-13(12(17)14(11)24-2)20-16(21-15(10)18)22-7-8-3-4-9(22)6-19-8;1-2-13-10(7-11(14)15)8-3-5-9(12)6-4-8;1-11(2,3)15-10(14)13-7-8-4-5-9(13)6-12-8;1-16-5-3-4-7(6(12)8(5)17-2)14-10(11)15-9(4)13/h5-8,11,17-18,20,31H,4,9-10,12-14H2,1-3H3,(H2,30,32,33);8,11-12H,6-7,9-10H2,1-5H3,(H2,23,24,25);5,8-9,19H,3-4,6-7H2,1-2H3,(H2,18,20,21);3-6,10,13H,2,7H2,1H3,(H,14,15);8-9,12H,4-7H2,1-3H3;3H,1-2H3,(H2,13,14,15)/t17?,18?,20-;;;10-;;/m1..1../s1. The Hall–Kier alpha value is -13.1. The minimum Gasteiger partial charge on any atom is -0.493 e. The van der Waals surface area contributed by atoms with Gasteiger partial charge >= 0.3 is 18.2 Å². The molecule has 44 heteroatoms. The van der Waals surface area contributed by atoms with Crippen LogP contribution >= 0.6 is 11.6 Å². The van der Waals surface area contributed by atoms with Crippen LogP contribution in [0.1, 0.15) is 143 Å². The Balaban J connectivity index is 0.000000147. The Bertz CT molecular complexity index is 6110. The molecule has 12 aliphatic rings. The molecule has 12 saturated heterocycles. The van der Waals surface area contributed by atoms with Crippen LogP contribution in [-0.2, 0) is 19.1 Å². The van der Waals surface area contributed by atoms with Gasteiger partial charge in [-0.1, -0.05) is 38.1 Å². The van der Waals surface area contributed by atoms with Crippen molar-refractivity contribution in [3.8, 4) is 46.0 Å². The molecule has 12 fully saturated rings. The van der Waals surface area contributed by atoms with E-state index in [-0.39, 0.29) is 181 Å². The van der Waals surface area contributed by atoms with Crippen molar-refractivity contribution in [3.05, 3.63) is 124 Å². The number of aliphatic carboxylic acids is 1. The number of nitrogens with two attached hydrogens (primary N) is 4. The summed E-state index contributed by atoms with van der Waals surface area (Å²) in [6, 6.07) is 19.4. The third kappa shape index (κ3) is 23.6. The minimum absolute atomic E-state index is 0.000139. The number of amides is 3. The largest absolute Gasteiger partial charge is 0.493 e. The van der Waals surface area contributed by atoms with Crippen LogP contribution in [0.3, 0.4) is 0 Å². The average molecular weight is 1970 g/mol. The van der Waals surface area contributed by atoms with Gasteiger partial charge in [0.2, 0.25) is 29.0 Å². The number of halogens is 7. The first-order chi connectivity index (χ1) is 66.7. The molecule has 13 N–H and O–H groups in total. The number of carboxylic acid groups (broad SMARTS) is 1. The van der Waals surface area contributed by atoms with Gasteiger partial charge in [-0.15, -0.1) is 0 Å². The number of ether oxygens (including phenoxy) is 10. The first-order valence-electron chi connectivity index (χ1n) is 46.2. The van der Waals surface area contributed by atoms with E-state index in [0.29, 0.717) is 103 Å². The number of carboxylic acids is 1. The molecule has 0 spiro atoms. The summed E-state index contributed by atoms with van der Waals surface area (Å²) < 4.78 is 137. The maximum Gasteiger partial charge on any atom is 0.410 e. The van der Waals surface area contributed by atoms with Gasteiger partial charge in [0, 0.05) is 135 Å². The number of piperazine rings is 4. The van der Waals surface area contributed by atoms with E-state index in [1.54, 1.807) is 47.4 Å². The number of piperidine rings is 8. The van der Waals surface area contributed by atoms with Crippen LogP contribution in [0.15, 0.2) is 72.8 Å². The summed E-state index contributed by atoms with van der Waals surface area (Å²) in [7, 11) is 11.2. The van der Waals surface area contributed by atoms with Gasteiger partial charge in [-0.25, -0.2) is 60.9 Å². The van der Waals surface area contributed by atoms with E-state index in [0.717, 1.165) is 82.3 Å². The molecule has 3 amide bonds. The summed E-state index contributed by atoms with van der Waals surface area (Å²) >= 11 is 5.62. The van der Waals surface area contributed by atoms with Gasteiger partial charge in [-0.2, -0.15) is 15.0 Å². The molecule has 10 aromatic rings. The van der Waals surface area contributed by atoms with E-state index >= 15 is 8.78 Å². The topological polar surface area (TPSA) is 456 Å². The minimum atomic E-state index is -0.870. The molecular weight excluding hydrogens is 1850 g/mol. The highest BCUT2D eigenvalue weighted by Gasteiger charge is 2.47. The number of benzene rings is 6. The number of nitrogens with zero attached hydrogens (tertiary/aromatic N) is 14. The Labute approximate surface area is 811 Å². The molecule has 8 unspecified atom stereocenters. The zero-order chi connectivity index (χ0) is 101. The number of fused-ring (bicyclic) bond motifs is 16. The molecule has 756 valence electrons. The number of hydrogen-bond acceptors (Lipinski definition) is 33. The van der Waals surface area contributed by atoms with Crippen molar-refractivity contribution in [1.82, 2.24) is 75.8 Å². The summed E-state index contributed by atoms with van der Waals surface area (Å²) in [5, 5.41) is 23.3. The third-order valence-corrected chi connectivity index (χ3v) is 25.6. The van der Waals surface area contributed by atoms with Crippen molar-refractivity contribution in [1.29, 1.82) is 0 Å². The highest BCUT2D eigenvalue weighted by molar-refractivity contribution is 6.28. The summed E-state index contributed by atoms with van der Waals surface area (Å²) in [6.07, 6.45) is 7.77. The lowest BCUT2D eigenvalue weighted by atomic mass is 9.90. The highest BCUT2D eigenvalue weighted by Crippen LogP contribution is 2.45. The fraction of sp³-hybridized carbons (Fsp3) is 0.500. The fourth-order valence-electron chi connectivity index (χ4n) is 18.7. The van der Waals surface area contributed by atoms with Crippen molar-refractivity contribution in [2.24, 2.45) is 0 Å². The number of rotatable bonds is 21. The molecular formula is C96H123ClF6N22O15. The molecule has 8 bridgehead atoms. The zero-order valence-electron chi connectivity index (χ0n) is 81.2. The number of aromatic nitrogens is 8. The summed E-state index contributed by atoms with van der Waals surface area (Å²) in [5.41, 5.74) is 25.1. The van der Waals surface area contributed by atoms with Gasteiger partial charge < -0.3 is 126 Å². The second-order valence-electron chi connectivity index (χ2n) is 36.7. The molecule has 4 aromatic heterocycles. The average Bonchev–Trinajstić information content (AvgIpc) is 0.843. The lowest BCUT2D eigenvalue weighted by Crippen LogP contribution is -2.64. The maximum atomic E-state index is 15.3. The SMILES string of the molecule is CC(C)(C)OC(=O)N1CC2CCC1CN2.CCN[C@H](CC(=O)N1CC2CCC1CN2c1nc(N)c2cc(OC)c(OC)c(F)c2n1)c1ccc(F)cc1.CCN[C@H](CC(=O)O)c1ccc(F)cc1.COc1cc2c(N)nc(Cl)nc2c(F)c1OC.COc1cc2c(N)nc(N3CC4CCC3CN4)nc2c(F)c1OC.COc1cc2c(N)nc(N3CC4CCC3CN4C(=O)OC(C)(C)C)nc2c(F)c1OC. The van der Waals surface area contributed by atoms with Crippen molar-refractivity contribution >= 4 is 120 Å². The molecule has 0 aliphatic carbocycles. The zero-order valence-corrected chi connectivity index (χ0v) is 82.0. The molecule has 12 aliphatic heterocycles. The van der Waals surface area contributed by atoms with Crippen molar-refractivity contribution < 1.29 is 98.0 Å². The van der Waals surface area contributed by atoms with Gasteiger partial charge in [0.15, 0.2) is 69.3 Å². The predicted octanol–water partition coefficient (Wildman–Crippen LogP) is 13.0. The van der Waals surface area contributed by atoms with Crippen molar-refractivity contribution in [3.63, 3.8) is 0 Å². The quantitative estimate of drug-likeness (QED) is 0.0238. The summed E-state index contributed by atoms with van der Waals surface area (Å²) in [5.74, 6) is -1.43. The number of methoxy groups -OCH3 is 8. The van der Waals surface area contributed by atoms with Crippen LogP contribution in [-0.4, -0.2) is 266 Å². The predicted molar refractivity (Wildman–Crippen MR) is 518 cm³/mol. The molecule has 10 atom stereocenters. The molecule has 22 rings (SSSR count). The van der Waals surface area contributed by atoms with E-state index in [1.165, 1.54) is 93.6 Å². The van der Waals surface area contributed by atoms with Crippen molar-refractivity contribution in [2.45, 2.75) is 191 Å². The number of carbonyl (C=O) groups is 4. The Morgan fingerprint density at radius 3 is 1.04 bits per heavy atom.